The minimum absolute atomic E-state index is 0. The average Bonchev–Trinajstić information content (AvgIpc) is 3.74. The van der Waals surface area contributed by atoms with Gasteiger partial charge in [-0.05, 0) is 81.0 Å². The molecule has 363 valence electrons. The standard InChI is InChI=1S/C48H66N3O10P2.CH4.CH3.Y/c1-11-43-36(7)47(60-62(55-29-15-27-49)51(33(2)3)34(4)5)45(59-43)32-57-63(56-30-16-28-50)61-46-35(6)37(8)58-44(46)31-54-48(38-17-13-12-14-18-38,39-19-23-41(52-9)24-20-39)40-21-25-42(53-10)26-22-40;;;/h12-14,17-26,33-37,43-47H,8,11,15-16,29-32H2,1-7,9-10H3;1H4;1H3;/q-1;;-1;/t35-,36-,37+,43+,44-,45-,46-,47-,62?,63?;;;/m1.../s1. The zero-order valence-corrected chi connectivity index (χ0v) is 44.5. The molecular formula is C50H73N3O10P2Y-2. The van der Waals surface area contributed by atoms with Crippen LogP contribution in [-0.4, -0.2) is 94.0 Å². The van der Waals surface area contributed by atoms with E-state index in [1.54, 1.807) is 14.2 Å². The van der Waals surface area contributed by atoms with Gasteiger partial charge in [0.2, 0.25) is 0 Å². The minimum Gasteiger partial charge on any atom is -0.497 e. The molecule has 0 aromatic heterocycles. The van der Waals surface area contributed by atoms with Crippen molar-refractivity contribution in [2.45, 2.75) is 129 Å². The van der Waals surface area contributed by atoms with Crippen molar-refractivity contribution in [1.82, 2.24) is 4.67 Å². The molecule has 2 fully saturated rings. The van der Waals surface area contributed by atoms with Crippen LogP contribution in [0.1, 0.15) is 91.8 Å². The summed E-state index contributed by atoms with van der Waals surface area (Å²) in [6.45, 7) is 19.6. The fraction of sp³-hybridized carbons (Fsp3) is 0.560. The van der Waals surface area contributed by atoms with Crippen LogP contribution >= 0.6 is 17.1 Å². The third-order valence-corrected chi connectivity index (χ3v) is 14.8. The van der Waals surface area contributed by atoms with Gasteiger partial charge in [-0.1, -0.05) is 88.9 Å². The number of benzene rings is 3. The zero-order chi connectivity index (χ0) is 45.5. The second kappa shape index (κ2) is 29.8. The Morgan fingerprint density at radius 1 is 0.697 bits per heavy atom. The third-order valence-electron chi connectivity index (χ3n) is 11.5. The van der Waals surface area contributed by atoms with Crippen LogP contribution in [-0.2, 0) is 75.1 Å². The number of methoxy groups -OCH3 is 2. The maximum Gasteiger partial charge on any atom is 0.333 e. The molecule has 3 aromatic rings. The summed E-state index contributed by atoms with van der Waals surface area (Å²) < 4.78 is 66.4. The van der Waals surface area contributed by atoms with Gasteiger partial charge in [-0.15, -0.1) is 0 Å². The van der Waals surface area contributed by atoms with E-state index in [0.29, 0.717) is 0 Å². The Morgan fingerprint density at radius 3 is 1.70 bits per heavy atom. The van der Waals surface area contributed by atoms with Gasteiger partial charge in [0.25, 0.3) is 8.53 Å². The third kappa shape index (κ3) is 15.2. The molecular weight excluding hydrogens is 953 g/mol. The number of nitrogens with zero attached hydrogens (tertiary/aromatic N) is 3. The molecule has 2 aliphatic heterocycles. The Labute approximate surface area is 424 Å². The van der Waals surface area contributed by atoms with Gasteiger partial charge in [0.1, 0.15) is 29.3 Å². The number of hydrogen-bond donors (Lipinski definition) is 0. The maximum atomic E-state index is 9.44. The summed E-state index contributed by atoms with van der Waals surface area (Å²) in [7, 11) is -0.268. The Balaban J connectivity index is 0.00000499. The quantitative estimate of drug-likeness (QED) is 0.0344. The Morgan fingerprint density at radius 2 is 1.20 bits per heavy atom. The van der Waals surface area contributed by atoms with Gasteiger partial charge >= 0.3 is 8.60 Å². The summed E-state index contributed by atoms with van der Waals surface area (Å²) in [5.41, 5.74) is 1.60. The van der Waals surface area contributed by atoms with Crippen molar-refractivity contribution in [3.05, 3.63) is 110 Å². The fourth-order valence-corrected chi connectivity index (χ4v) is 11.3. The average molecular weight is 1030 g/mol. The van der Waals surface area contributed by atoms with Crippen molar-refractivity contribution in [3.63, 3.8) is 0 Å². The van der Waals surface area contributed by atoms with E-state index in [2.05, 4.69) is 77.4 Å². The molecule has 2 heterocycles. The monoisotopic (exact) mass is 1030 g/mol. The predicted octanol–water partition coefficient (Wildman–Crippen LogP) is 11.4. The van der Waals surface area contributed by atoms with Crippen LogP contribution in [0.5, 0.6) is 11.5 Å². The molecule has 0 bridgehead atoms. The van der Waals surface area contributed by atoms with Crippen LogP contribution in [0.15, 0.2) is 78.9 Å². The molecule has 13 nitrogen and oxygen atoms in total. The van der Waals surface area contributed by atoms with E-state index in [-0.39, 0.29) is 123 Å². The summed E-state index contributed by atoms with van der Waals surface area (Å²) in [6.07, 6.45) is -1.27. The van der Waals surface area contributed by atoms with Crippen LogP contribution in [0.25, 0.3) is 0 Å². The van der Waals surface area contributed by atoms with Crippen molar-refractivity contribution in [1.29, 1.82) is 10.5 Å². The molecule has 0 amide bonds. The first-order chi connectivity index (χ1) is 30.4. The van der Waals surface area contributed by atoms with E-state index in [4.69, 9.17) is 46.3 Å². The first-order valence-corrected chi connectivity index (χ1v) is 24.1. The van der Waals surface area contributed by atoms with Crippen molar-refractivity contribution < 1.29 is 79.0 Å². The van der Waals surface area contributed by atoms with E-state index in [9.17, 15) is 10.5 Å². The van der Waals surface area contributed by atoms with Gasteiger partial charge in [-0.25, -0.2) is 4.67 Å². The Kier molecular flexibility index (Phi) is 27.1. The molecule has 2 aliphatic rings. The second-order valence-corrected chi connectivity index (χ2v) is 18.9. The number of nitriles is 2. The van der Waals surface area contributed by atoms with Crippen LogP contribution < -0.4 is 9.47 Å². The number of hydrogen-bond acceptors (Lipinski definition) is 13. The molecule has 0 saturated carbocycles. The molecule has 2 saturated heterocycles. The maximum absolute atomic E-state index is 9.44. The number of rotatable bonds is 25. The van der Waals surface area contributed by atoms with Crippen molar-refractivity contribution in [3.8, 4) is 23.6 Å². The van der Waals surface area contributed by atoms with E-state index in [1.807, 2.05) is 73.7 Å². The van der Waals surface area contributed by atoms with E-state index in [0.717, 1.165) is 34.6 Å². The zero-order valence-electron chi connectivity index (χ0n) is 39.8. The summed E-state index contributed by atoms with van der Waals surface area (Å²) in [6, 6.07) is 30.4. The molecule has 66 heavy (non-hydrogen) atoms. The van der Waals surface area contributed by atoms with Gasteiger partial charge < -0.3 is 60.7 Å². The van der Waals surface area contributed by atoms with Gasteiger partial charge in [-0.3, -0.25) is 0 Å². The smallest absolute Gasteiger partial charge is 0.333 e. The Bertz CT molecular complexity index is 1830. The van der Waals surface area contributed by atoms with Gasteiger partial charge in [-0.2, -0.15) is 10.5 Å². The first-order valence-electron chi connectivity index (χ1n) is 21.9. The molecule has 16 heteroatoms. The first kappa shape index (κ1) is 60.0. The van der Waals surface area contributed by atoms with Crippen LogP contribution in [0.4, 0.5) is 0 Å². The minimum atomic E-state index is -2.02. The molecule has 0 N–H and O–H groups in total. The second-order valence-electron chi connectivity index (χ2n) is 16.3. The molecule has 0 spiro atoms. The van der Waals surface area contributed by atoms with Crippen LogP contribution in [0.2, 0.25) is 0 Å². The largest absolute Gasteiger partial charge is 0.497 e. The van der Waals surface area contributed by atoms with Gasteiger partial charge in [0, 0.05) is 50.7 Å². The molecule has 3 aromatic carbocycles. The Hall–Kier alpha value is -2.16. The molecule has 10 atom stereocenters. The molecule has 1 radical (unpaired) electrons. The normalized spacial score (nSPS) is 23.6. The fourth-order valence-electron chi connectivity index (χ4n) is 8.19. The SMILES string of the molecule is C.[CH2-][C@@H]1O[C@H](COC(c2ccccc2)(c2ccc(OC)cc2)c2ccc(OC)cc2)[C@H](OP(OCCC#N)OC[C@H]2O[C@@H](CC)[C@@H](C)[C@H]2OP(OCCC#N)N(C(C)C)C(C)C)[C@@H]1C.[CH3-].[Y]. The van der Waals surface area contributed by atoms with Crippen LogP contribution in [0, 0.1) is 48.8 Å². The number of ether oxygens (including phenoxy) is 5. The summed E-state index contributed by atoms with van der Waals surface area (Å²) in [5, 5.41) is 18.7. The molecule has 2 unspecified atom stereocenters. The summed E-state index contributed by atoms with van der Waals surface area (Å²) in [4.78, 5) is 0. The topological polar surface area (TPSA) is 143 Å². The van der Waals surface area contributed by atoms with E-state index >= 15 is 0 Å². The van der Waals surface area contributed by atoms with Gasteiger partial charge in [0.05, 0.1) is 83.9 Å². The van der Waals surface area contributed by atoms with Gasteiger partial charge in [0.15, 0.2) is 0 Å². The molecule has 0 aliphatic carbocycles. The summed E-state index contributed by atoms with van der Waals surface area (Å²) in [5.74, 6) is 1.30. The summed E-state index contributed by atoms with van der Waals surface area (Å²) >= 11 is 0. The van der Waals surface area contributed by atoms with E-state index < -0.39 is 47.1 Å². The van der Waals surface area contributed by atoms with Crippen molar-refractivity contribution in [2.24, 2.45) is 11.8 Å². The predicted molar refractivity (Wildman–Crippen MR) is 257 cm³/mol. The van der Waals surface area contributed by atoms with Crippen LogP contribution in [0.3, 0.4) is 0 Å². The van der Waals surface area contributed by atoms with Crippen molar-refractivity contribution in [2.75, 3.05) is 40.6 Å². The van der Waals surface area contributed by atoms with Crippen molar-refractivity contribution >= 4 is 17.1 Å². The van der Waals surface area contributed by atoms with E-state index in [1.165, 1.54) is 0 Å². The molecule has 5 rings (SSSR count).